The second-order valence-electron chi connectivity index (χ2n) is 6.49. The molecule has 6 heteroatoms. The number of benzene rings is 1. The zero-order valence-electron chi connectivity index (χ0n) is 12.6. The molecule has 0 radical (unpaired) electrons. The van der Waals surface area contributed by atoms with Crippen LogP contribution in [-0.2, 0) is 9.59 Å². The Bertz CT molecular complexity index is 614. The third-order valence-electron chi connectivity index (χ3n) is 4.88. The van der Waals surface area contributed by atoms with E-state index in [1.807, 2.05) is 0 Å². The average molecular weight is 323 g/mol. The number of amides is 1. The third kappa shape index (κ3) is 3.35. The van der Waals surface area contributed by atoms with Crippen LogP contribution in [-0.4, -0.2) is 23.0 Å². The standard InChI is InChI=1S/C17H19F2NO3/c18-12-5-2-6-13(19)15(12)11-8-14(11)20-16(21)9-3-1-4-10(7-9)17(22)23/h2,5-6,9-11,14H,1,3-4,7-8H2,(H,20,21)(H,22,23). The number of carbonyl (C=O) groups excluding carboxylic acids is 1. The van der Waals surface area contributed by atoms with Crippen molar-refractivity contribution < 1.29 is 23.5 Å². The first-order valence-electron chi connectivity index (χ1n) is 7.94. The zero-order valence-corrected chi connectivity index (χ0v) is 12.6. The highest BCUT2D eigenvalue weighted by Crippen LogP contribution is 2.43. The quantitative estimate of drug-likeness (QED) is 0.895. The lowest BCUT2D eigenvalue weighted by Crippen LogP contribution is -2.37. The lowest BCUT2D eigenvalue weighted by atomic mass is 9.81. The van der Waals surface area contributed by atoms with Crippen molar-refractivity contribution >= 4 is 11.9 Å². The fraction of sp³-hybridized carbons (Fsp3) is 0.529. The zero-order chi connectivity index (χ0) is 16.6. The Morgan fingerprint density at radius 2 is 1.74 bits per heavy atom. The molecule has 23 heavy (non-hydrogen) atoms. The predicted molar refractivity (Wildman–Crippen MR) is 78.7 cm³/mol. The van der Waals surface area contributed by atoms with Gasteiger partial charge in [0.15, 0.2) is 0 Å². The van der Waals surface area contributed by atoms with E-state index >= 15 is 0 Å². The van der Waals surface area contributed by atoms with E-state index < -0.39 is 23.5 Å². The van der Waals surface area contributed by atoms with Gasteiger partial charge in [-0.15, -0.1) is 0 Å². The first kappa shape index (κ1) is 15.9. The van der Waals surface area contributed by atoms with E-state index in [4.69, 9.17) is 5.11 Å². The number of rotatable bonds is 4. The SMILES string of the molecule is O=C(O)C1CCCC(C(=O)NC2CC2c2c(F)cccc2F)C1. The number of carbonyl (C=O) groups is 2. The topological polar surface area (TPSA) is 66.4 Å². The number of hydrogen-bond acceptors (Lipinski definition) is 2. The van der Waals surface area contributed by atoms with E-state index in [1.54, 1.807) is 0 Å². The molecular weight excluding hydrogens is 304 g/mol. The van der Waals surface area contributed by atoms with Gasteiger partial charge in [-0.3, -0.25) is 9.59 Å². The molecule has 2 fully saturated rings. The summed E-state index contributed by atoms with van der Waals surface area (Å²) in [5.74, 6) is -3.36. The van der Waals surface area contributed by atoms with Crippen LogP contribution < -0.4 is 5.32 Å². The number of nitrogens with one attached hydrogen (secondary N) is 1. The largest absolute Gasteiger partial charge is 0.481 e. The van der Waals surface area contributed by atoms with E-state index in [1.165, 1.54) is 18.2 Å². The molecule has 0 spiro atoms. The van der Waals surface area contributed by atoms with E-state index in [0.29, 0.717) is 32.1 Å². The summed E-state index contributed by atoms with van der Waals surface area (Å²) in [6, 6.07) is 3.49. The predicted octanol–water partition coefficient (Wildman–Crippen LogP) is 2.83. The number of carboxylic acids is 1. The monoisotopic (exact) mass is 323 g/mol. The minimum atomic E-state index is -0.861. The Morgan fingerprint density at radius 1 is 1.09 bits per heavy atom. The molecule has 1 aromatic carbocycles. The maximum atomic E-state index is 13.7. The molecule has 2 saturated carbocycles. The van der Waals surface area contributed by atoms with Crippen LogP contribution in [0.4, 0.5) is 8.78 Å². The average Bonchev–Trinajstić information content (AvgIpc) is 3.26. The van der Waals surface area contributed by atoms with Crippen LogP contribution in [0.3, 0.4) is 0 Å². The van der Waals surface area contributed by atoms with E-state index in [9.17, 15) is 18.4 Å². The van der Waals surface area contributed by atoms with Gasteiger partial charge in [-0.1, -0.05) is 12.5 Å². The summed E-state index contributed by atoms with van der Waals surface area (Å²) in [6.07, 6.45) is 2.84. The van der Waals surface area contributed by atoms with Gasteiger partial charge < -0.3 is 10.4 Å². The smallest absolute Gasteiger partial charge is 0.306 e. The van der Waals surface area contributed by atoms with Crippen molar-refractivity contribution in [3.05, 3.63) is 35.4 Å². The first-order valence-corrected chi connectivity index (χ1v) is 7.94. The van der Waals surface area contributed by atoms with Crippen LogP contribution in [0.1, 0.15) is 43.6 Å². The van der Waals surface area contributed by atoms with Gasteiger partial charge in [0.1, 0.15) is 11.6 Å². The minimum absolute atomic E-state index is 0.0323. The lowest BCUT2D eigenvalue weighted by Gasteiger charge is -2.25. The van der Waals surface area contributed by atoms with Crippen LogP contribution in [0.25, 0.3) is 0 Å². The molecule has 2 aliphatic rings. The number of halogens is 2. The van der Waals surface area contributed by atoms with Crippen LogP contribution >= 0.6 is 0 Å². The second kappa shape index (κ2) is 6.26. The molecule has 3 rings (SSSR count). The summed E-state index contributed by atoms with van der Waals surface area (Å²) in [5, 5.41) is 11.9. The van der Waals surface area contributed by atoms with Gasteiger partial charge in [0.25, 0.3) is 0 Å². The number of hydrogen-bond donors (Lipinski definition) is 2. The van der Waals surface area contributed by atoms with Crippen LogP contribution in [0.15, 0.2) is 18.2 Å². The fourth-order valence-electron chi connectivity index (χ4n) is 3.49. The van der Waals surface area contributed by atoms with Crippen LogP contribution in [0.5, 0.6) is 0 Å². The van der Waals surface area contributed by atoms with Gasteiger partial charge in [-0.2, -0.15) is 0 Å². The highest BCUT2D eigenvalue weighted by Gasteiger charge is 2.44. The summed E-state index contributed by atoms with van der Waals surface area (Å²) >= 11 is 0. The summed E-state index contributed by atoms with van der Waals surface area (Å²) in [5.41, 5.74) is 0.0323. The molecule has 1 amide bonds. The van der Waals surface area contributed by atoms with Crippen LogP contribution in [0.2, 0.25) is 0 Å². The van der Waals surface area contributed by atoms with Gasteiger partial charge >= 0.3 is 5.97 Å². The highest BCUT2D eigenvalue weighted by atomic mass is 19.1. The lowest BCUT2D eigenvalue weighted by molar-refractivity contribution is -0.144. The van der Waals surface area contributed by atoms with Crippen LogP contribution in [0, 0.1) is 23.5 Å². The van der Waals surface area contributed by atoms with Crippen molar-refractivity contribution in [3.63, 3.8) is 0 Å². The Labute approximate surface area is 132 Å². The first-order chi connectivity index (χ1) is 11.0. The van der Waals surface area contributed by atoms with E-state index in [2.05, 4.69) is 5.32 Å². The Morgan fingerprint density at radius 3 is 2.39 bits per heavy atom. The molecule has 4 atom stereocenters. The van der Waals surface area contributed by atoms with Gasteiger partial charge in [-0.25, -0.2) is 8.78 Å². The van der Waals surface area contributed by atoms with Crippen molar-refractivity contribution in [1.82, 2.24) is 5.32 Å². The molecule has 0 aliphatic heterocycles. The molecule has 2 aliphatic carbocycles. The fourth-order valence-corrected chi connectivity index (χ4v) is 3.49. The second-order valence-corrected chi connectivity index (χ2v) is 6.49. The van der Waals surface area contributed by atoms with E-state index in [-0.39, 0.29) is 29.3 Å². The van der Waals surface area contributed by atoms with Crippen molar-refractivity contribution in [3.8, 4) is 0 Å². The summed E-state index contributed by atoms with van der Waals surface area (Å²) < 4.78 is 27.5. The Balaban J connectivity index is 1.59. The number of carboxylic acid groups (broad SMARTS) is 1. The summed E-state index contributed by atoms with van der Waals surface area (Å²) in [6.45, 7) is 0. The molecule has 0 bridgehead atoms. The molecule has 1 aromatic rings. The Hall–Kier alpha value is -1.98. The Kier molecular flexibility index (Phi) is 4.33. The molecule has 0 saturated heterocycles. The maximum Gasteiger partial charge on any atom is 0.306 e. The maximum absolute atomic E-state index is 13.7. The molecule has 4 nitrogen and oxygen atoms in total. The van der Waals surface area contributed by atoms with Crippen molar-refractivity contribution in [2.45, 2.75) is 44.1 Å². The normalized spacial score (nSPS) is 29.8. The van der Waals surface area contributed by atoms with Crippen molar-refractivity contribution in [2.75, 3.05) is 0 Å². The van der Waals surface area contributed by atoms with Gasteiger partial charge in [0.2, 0.25) is 5.91 Å². The van der Waals surface area contributed by atoms with E-state index in [0.717, 1.165) is 0 Å². The third-order valence-corrected chi connectivity index (χ3v) is 4.88. The molecular formula is C17H19F2NO3. The van der Waals surface area contributed by atoms with Crippen molar-refractivity contribution in [2.24, 2.45) is 11.8 Å². The number of aliphatic carboxylic acids is 1. The molecule has 0 heterocycles. The minimum Gasteiger partial charge on any atom is -0.481 e. The molecule has 0 aromatic heterocycles. The summed E-state index contributed by atoms with van der Waals surface area (Å²) in [4.78, 5) is 23.3. The summed E-state index contributed by atoms with van der Waals surface area (Å²) in [7, 11) is 0. The van der Waals surface area contributed by atoms with Gasteiger partial charge in [-0.05, 0) is 37.8 Å². The molecule has 124 valence electrons. The molecule has 4 unspecified atom stereocenters. The van der Waals surface area contributed by atoms with Crippen molar-refractivity contribution in [1.29, 1.82) is 0 Å². The van der Waals surface area contributed by atoms with Gasteiger partial charge in [0.05, 0.1) is 5.92 Å². The molecule has 2 N–H and O–H groups in total. The highest BCUT2D eigenvalue weighted by molar-refractivity contribution is 5.81. The van der Waals surface area contributed by atoms with Gasteiger partial charge in [0, 0.05) is 23.4 Å².